The number of benzene rings is 4. The third kappa shape index (κ3) is 28.1. The number of esters is 6. The standard InChI is InChI=1S/C78H108O16/c1-9-15-19-23-31-57-43-61-51-62-44-58(32-24-20-16-10-2)46-64(76(62)92-40-28-36-88-70(80)14-6)53-66-48-60(34-26-22-18-12-4)50-68(78(66)94-42-30-38-90-74(84)56-72(82)86-8)54-67-49-59(33-25-21-17-11-3)47-65(77(67)93-41-29-37-89-73(83)55-71(81)85-7)52-63(45-57)75(61)91-39-27-35-87-69(79)13-5/h13-14,43-50H,5-6,9-12,15-42,51-56H2,1-4,7-8H3. The van der Waals surface area contributed by atoms with Crippen LogP contribution in [0.4, 0.5) is 0 Å². The second-order valence-corrected chi connectivity index (χ2v) is 24.4. The van der Waals surface area contributed by atoms with Gasteiger partial charge >= 0.3 is 35.8 Å². The Hall–Kier alpha value is -7.62. The third-order valence-electron chi connectivity index (χ3n) is 16.5. The summed E-state index contributed by atoms with van der Waals surface area (Å²) >= 11 is 0. The smallest absolute Gasteiger partial charge is 0.330 e. The minimum atomic E-state index is -0.678. The molecule has 0 unspecified atom stereocenters. The van der Waals surface area contributed by atoms with E-state index < -0.39 is 48.7 Å². The lowest BCUT2D eigenvalue weighted by molar-refractivity contribution is -0.155. The lowest BCUT2D eigenvalue weighted by atomic mass is 9.87. The number of hydrogen-bond donors (Lipinski definition) is 0. The molecular weight excluding hydrogens is 1190 g/mol. The molecule has 0 atom stereocenters. The van der Waals surface area contributed by atoms with Gasteiger partial charge in [0.1, 0.15) is 35.8 Å². The molecule has 0 spiro atoms. The van der Waals surface area contributed by atoms with Gasteiger partial charge < -0.3 is 47.4 Å². The predicted molar refractivity (Wildman–Crippen MR) is 366 cm³/mol. The first-order valence-corrected chi connectivity index (χ1v) is 34.9. The van der Waals surface area contributed by atoms with Crippen molar-refractivity contribution in [2.24, 2.45) is 0 Å². The fourth-order valence-electron chi connectivity index (χ4n) is 11.8. The summed E-state index contributed by atoms with van der Waals surface area (Å²) in [5.41, 5.74) is 12.5. The summed E-state index contributed by atoms with van der Waals surface area (Å²) in [6.07, 6.45) is 25.1. The molecule has 0 radical (unpaired) electrons. The van der Waals surface area contributed by atoms with Gasteiger partial charge in [-0.1, -0.05) is 166 Å². The van der Waals surface area contributed by atoms with E-state index in [9.17, 15) is 28.8 Å². The van der Waals surface area contributed by atoms with Crippen LogP contribution in [0.2, 0.25) is 0 Å². The maximum Gasteiger partial charge on any atom is 0.330 e. The van der Waals surface area contributed by atoms with Crippen LogP contribution in [0.25, 0.3) is 0 Å². The molecule has 0 N–H and O–H groups in total. The van der Waals surface area contributed by atoms with Crippen molar-refractivity contribution in [2.75, 3.05) is 67.1 Å². The maximum atomic E-state index is 12.7. The molecule has 94 heavy (non-hydrogen) atoms. The molecular formula is C78H108O16. The van der Waals surface area contributed by atoms with Gasteiger partial charge in [0.2, 0.25) is 0 Å². The largest absolute Gasteiger partial charge is 0.493 e. The van der Waals surface area contributed by atoms with E-state index in [1.54, 1.807) is 0 Å². The molecule has 5 rings (SSSR count). The molecule has 516 valence electrons. The average Bonchev–Trinajstić information content (AvgIpc) is 0.787. The fraction of sp³-hybridized carbons (Fsp3) is 0.564. The van der Waals surface area contributed by atoms with Crippen LogP contribution in [0, 0.1) is 0 Å². The molecule has 4 aromatic rings. The highest BCUT2D eigenvalue weighted by molar-refractivity contribution is 5.91. The van der Waals surface area contributed by atoms with Crippen LogP contribution in [0.3, 0.4) is 0 Å². The first-order chi connectivity index (χ1) is 45.8. The van der Waals surface area contributed by atoms with E-state index in [2.05, 4.69) is 89.4 Å². The van der Waals surface area contributed by atoms with Crippen molar-refractivity contribution in [3.63, 3.8) is 0 Å². The van der Waals surface area contributed by atoms with E-state index in [1.807, 2.05) is 0 Å². The highest BCUT2D eigenvalue weighted by Gasteiger charge is 2.26. The topological polar surface area (TPSA) is 195 Å². The molecule has 0 heterocycles. The highest BCUT2D eigenvalue weighted by Crippen LogP contribution is 2.42. The molecule has 4 aromatic carbocycles. The number of aryl methyl sites for hydroxylation is 4. The summed E-state index contributed by atoms with van der Waals surface area (Å²) < 4.78 is 59.9. The van der Waals surface area contributed by atoms with Gasteiger partial charge in [-0.25, -0.2) is 9.59 Å². The number of methoxy groups -OCH3 is 2. The number of carbonyl (C=O) groups is 6. The van der Waals surface area contributed by atoms with Crippen molar-refractivity contribution in [1.82, 2.24) is 0 Å². The molecule has 16 nitrogen and oxygen atoms in total. The van der Waals surface area contributed by atoms with Crippen LogP contribution >= 0.6 is 0 Å². The van der Waals surface area contributed by atoms with Crippen LogP contribution in [0.1, 0.15) is 236 Å². The summed E-state index contributed by atoms with van der Waals surface area (Å²) in [6, 6.07) is 18.4. The van der Waals surface area contributed by atoms with Gasteiger partial charge in [-0.2, -0.15) is 0 Å². The van der Waals surface area contributed by atoms with Crippen molar-refractivity contribution < 1.29 is 76.1 Å². The highest BCUT2D eigenvalue weighted by atomic mass is 16.6. The molecule has 8 bridgehead atoms. The molecule has 16 heteroatoms. The van der Waals surface area contributed by atoms with Gasteiger partial charge in [0.25, 0.3) is 0 Å². The van der Waals surface area contributed by atoms with Crippen LogP contribution < -0.4 is 18.9 Å². The summed E-state index contributed by atoms with van der Waals surface area (Å²) in [4.78, 5) is 73.9. The molecule has 0 amide bonds. The lowest BCUT2D eigenvalue weighted by Crippen LogP contribution is -2.15. The Kier molecular flexibility index (Phi) is 36.8. The minimum Gasteiger partial charge on any atom is -0.493 e. The average molecular weight is 1300 g/mol. The third-order valence-corrected chi connectivity index (χ3v) is 16.5. The monoisotopic (exact) mass is 1300 g/mol. The van der Waals surface area contributed by atoms with E-state index in [4.69, 9.17) is 47.4 Å². The summed E-state index contributed by atoms with van der Waals surface area (Å²) in [7, 11) is 2.46. The first-order valence-electron chi connectivity index (χ1n) is 34.9. The number of unbranched alkanes of at least 4 members (excludes halogenated alkanes) is 12. The van der Waals surface area contributed by atoms with Gasteiger partial charge in [-0.05, 0) is 118 Å². The van der Waals surface area contributed by atoms with Crippen LogP contribution in [0.15, 0.2) is 73.8 Å². The summed E-state index contributed by atoms with van der Waals surface area (Å²) in [5, 5.41) is 0. The normalized spacial score (nSPS) is 11.6. The van der Waals surface area contributed by atoms with Gasteiger partial charge in [0, 0.05) is 63.5 Å². The number of fused-ring (bicyclic) bond motifs is 8. The van der Waals surface area contributed by atoms with E-state index >= 15 is 0 Å². The van der Waals surface area contributed by atoms with Gasteiger partial charge in [-0.15, -0.1) is 0 Å². The molecule has 0 saturated carbocycles. The molecule has 1 aliphatic rings. The van der Waals surface area contributed by atoms with E-state index in [1.165, 1.54) is 36.5 Å². The Morgan fingerprint density at radius 1 is 0.319 bits per heavy atom. The first kappa shape index (κ1) is 77.1. The van der Waals surface area contributed by atoms with Crippen molar-refractivity contribution >= 4 is 35.8 Å². The quantitative estimate of drug-likeness (QED) is 0.0117. The van der Waals surface area contributed by atoms with E-state index in [0.29, 0.717) is 62.9 Å². The molecule has 0 fully saturated rings. The Balaban J connectivity index is 1.89. The van der Waals surface area contributed by atoms with Crippen LogP contribution in [-0.2, 0) is 109 Å². The van der Waals surface area contributed by atoms with Crippen LogP contribution in [0.5, 0.6) is 23.0 Å². The number of hydrogen-bond acceptors (Lipinski definition) is 16. The van der Waals surface area contributed by atoms with Gasteiger partial charge in [-0.3, -0.25) is 19.2 Å². The number of rotatable bonds is 46. The zero-order chi connectivity index (χ0) is 67.7. The van der Waals surface area contributed by atoms with Crippen LogP contribution in [-0.4, -0.2) is 103 Å². The van der Waals surface area contributed by atoms with E-state index in [0.717, 1.165) is 197 Å². The second-order valence-electron chi connectivity index (χ2n) is 24.4. The number of ether oxygens (including phenoxy) is 10. The lowest BCUT2D eigenvalue weighted by Gasteiger charge is -2.25. The maximum absolute atomic E-state index is 12.7. The number of carbonyl (C=O) groups excluding carboxylic acids is 6. The van der Waals surface area contributed by atoms with Crippen molar-refractivity contribution in [2.45, 2.75) is 220 Å². The van der Waals surface area contributed by atoms with Crippen molar-refractivity contribution in [1.29, 1.82) is 0 Å². The Bertz CT molecular complexity index is 2830. The molecule has 0 saturated heterocycles. The molecule has 0 aliphatic heterocycles. The Morgan fingerprint density at radius 2 is 0.553 bits per heavy atom. The van der Waals surface area contributed by atoms with Crippen molar-refractivity contribution in [3.8, 4) is 23.0 Å². The minimum absolute atomic E-state index is 0.0219. The summed E-state index contributed by atoms with van der Waals surface area (Å²) in [5.74, 6) is -0.833. The summed E-state index contributed by atoms with van der Waals surface area (Å²) in [6.45, 7) is 17.3. The Morgan fingerprint density at radius 3 is 0.766 bits per heavy atom. The zero-order valence-electron chi connectivity index (χ0n) is 57.6. The SMILES string of the molecule is C=CC(=O)OCCCOc1c2cc(CCCCCC)cc1Cc1cc(CCCCCC)cc(c1OCCCOC(=O)CC(=O)OC)Cc1cc(CCCCCC)cc(c1OCCCOC(=O)CC(=O)OC)Cc1cc(CCCCCC)cc(c1OCCCOC(=O)C=C)C2. The molecule has 1 aliphatic carbocycles. The second kappa shape index (κ2) is 44.9. The Labute approximate surface area is 560 Å². The molecule has 0 aromatic heterocycles. The van der Waals surface area contributed by atoms with Crippen molar-refractivity contribution in [3.05, 3.63) is 141 Å². The fourth-order valence-corrected chi connectivity index (χ4v) is 11.8. The van der Waals surface area contributed by atoms with Gasteiger partial charge in [0.15, 0.2) is 0 Å². The van der Waals surface area contributed by atoms with Gasteiger partial charge in [0.05, 0.1) is 67.1 Å². The predicted octanol–water partition coefficient (Wildman–Crippen LogP) is 15.6. The zero-order valence-corrected chi connectivity index (χ0v) is 57.6. The van der Waals surface area contributed by atoms with E-state index in [-0.39, 0.29) is 52.9 Å².